The molecular formula is C17H23NO4S. The highest BCUT2D eigenvalue weighted by Gasteiger charge is 2.61. The topological polar surface area (TPSA) is 65.5 Å². The van der Waals surface area contributed by atoms with Gasteiger partial charge in [0.1, 0.15) is 6.61 Å². The molecule has 1 heterocycles. The van der Waals surface area contributed by atoms with Crippen molar-refractivity contribution in [2.75, 3.05) is 6.61 Å². The van der Waals surface area contributed by atoms with E-state index in [1.807, 2.05) is 13.8 Å². The molecule has 0 saturated heterocycles. The van der Waals surface area contributed by atoms with Crippen LogP contribution in [0.2, 0.25) is 0 Å². The summed E-state index contributed by atoms with van der Waals surface area (Å²) in [5.74, 6) is -0.531. The highest BCUT2D eigenvalue weighted by molar-refractivity contribution is 7.11. The predicted molar refractivity (Wildman–Crippen MR) is 88.1 cm³/mol. The highest BCUT2D eigenvalue weighted by Crippen LogP contribution is 2.59. The predicted octanol–water partition coefficient (Wildman–Crippen LogP) is 3.60. The summed E-state index contributed by atoms with van der Waals surface area (Å²) in [4.78, 5) is 28.0. The van der Waals surface area contributed by atoms with E-state index in [-0.39, 0.29) is 34.8 Å². The molecule has 0 unspecified atom stereocenters. The molecule has 0 bridgehead atoms. The van der Waals surface area contributed by atoms with Crippen LogP contribution in [0.25, 0.3) is 0 Å². The molecule has 1 fully saturated rings. The minimum Gasteiger partial charge on any atom is -0.461 e. The smallest absolute Gasteiger partial charge is 0.367 e. The number of carbonyl (C=O) groups is 2. The first kappa shape index (κ1) is 17.7. The van der Waals surface area contributed by atoms with Gasteiger partial charge in [0.15, 0.2) is 0 Å². The first-order valence-corrected chi connectivity index (χ1v) is 8.58. The van der Waals surface area contributed by atoms with Gasteiger partial charge < -0.3 is 9.47 Å². The van der Waals surface area contributed by atoms with Crippen LogP contribution in [0.1, 0.15) is 50.1 Å². The van der Waals surface area contributed by atoms with Crippen molar-refractivity contribution in [3.63, 3.8) is 0 Å². The molecule has 5 nitrogen and oxygen atoms in total. The largest absolute Gasteiger partial charge is 0.461 e. The second-order valence-electron chi connectivity index (χ2n) is 6.54. The molecule has 0 amide bonds. The zero-order valence-corrected chi connectivity index (χ0v) is 15.0. The number of carbonyl (C=O) groups excluding carboxylic acids is 2. The van der Waals surface area contributed by atoms with Crippen LogP contribution in [0.15, 0.2) is 17.0 Å². The Hall–Kier alpha value is -1.69. The van der Waals surface area contributed by atoms with Crippen molar-refractivity contribution in [2.45, 2.75) is 41.2 Å². The molecule has 126 valence electrons. The van der Waals surface area contributed by atoms with Crippen molar-refractivity contribution in [1.29, 1.82) is 0 Å². The molecule has 1 aromatic rings. The Labute approximate surface area is 140 Å². The van der Waals surface area contributed by atoms with Gasteiger partial charge in [-0.05, 0) is 32.1 Å². The maximum Gasteiger partial charge on any atom is 0.367 e. The Morgan fingerprint density at radius 1 is 1.35 bits per heavy atom. The lowest BCUT2D eigenvalue weighted by atomic mass is 10.1. The third-order valence-electron chi connectivity index (χ3n) is 4.04. The van der Waals surface area contributed by atoms with Crippen molar-refractivity contribution in [3.05, 3.63) is 27.7 Å². The van der Waals surface area contributed by atoms with Gasteiger partial charge >= 0.3 is 11.9 Å². The molecule has 0 aromatic carbocycles. The molecule has 1 saturated carbocycles. The maximum absolute atomic E-state index is 12.3. The van der Waals surface area contributed by atoms with Gasteiger partial charge in [-0.2, -0.15) is 0 Å². The normalized spacial score (nSPS) is 21.4. The average Bonchev–Trinajstić information content (AvgIpc) is 2.85. The number of aromatic nitrogens is 1. The Kier molecular flexibility index (Phi) is 5.24. The van der Waals surface area contributed by atoms with Gasteiger partial charge in [0, 0.05) is 5.38 Å². The summed E-state index contributed by atoms with van der Waals surface area (Å²) in [6, 6.07) is 0. The number of esters is 2. The second kappa shape index (κ2) is 6.83. The number of hydrogen-bond donors (Lipinski definition) is 0. The van der Waals surface area contributed by atoms with E-state index in [1.54, 1.807) is 12.3 Å². The summed E-state index contributed by atoms with van der Waals surface area (Å²) in [5, 5.41) is 2.00. The lowest BCUT2D eigenvalue weighted by molar-refractivity contribution is -0.147. The zero-order chi connectivity index (χ0) is 17.2. The average molecular weight is 337 g/mol. The number of rotatable bonds is 6. The Morgan fingerprint density at radius 3 is 2.65 bits per heavy atom. The number of thiazole rings is 1. The SMILES string of the molecule is CCOC(=O)c1nc(COC(=O)[C@H]2[C@H](C=C(C)C)C2(C)C)cs1. The van der Waals surface area contributed by atoms with E-state index in [0.29, 0.717) is 12.3 Å². The molecular weight excluding hydrogens is 314 g/mol. The lowest BCUT2D eigenvalue weighted by Gasteiger charge is -2.03. The summed E-state index contributed by atoms with van der Waals surface area (Å²) in [6.45, 7) is 10.4. The number of nitrogens with zero attached hydrogens (tertiary/aromatic N) is 1. The molecule has 1 aliphatic carbocycles. The van der Waals surface area contributed by atoms with Crippen molar-refractivity contribution >= 4 is 23.3 Å². The van der Waals surface area contributed by atoms with Gasteiger partial charge in [0.2, 0.25) is 5.01 Å². The first-order chi connectivity index (χ1) is 10.8. The minimum absolute atomic E-state index is 0.0630. The third-order valence-corrected chi connectivity index (χ3v) is 4.91. The van der Waals surface area contributed by atoms with E-state index in [4.69, 9.17) is 9.47 Å². The Bertz CT molecular complexity index is 628. The zero-order valence-electron chi connectivity index (χ0n) is 14.2. The monoisotopic (exact) mass is 337 g/mol. The van der Waals surface area contributed by atoms with Crippen molar-refractivity contribution in [3.8, 4) is 0 Å². The van der Waals surface area contributed by atoms with Crippen LogP contribution < -0.4 is 0 Å². The summed E-state index contributed by atoms with van der Waals surface area (Å²) in [6.07, 6.45) is 2.13. The van der Waals surface area contributed by atoms with Crippen LogP contribution in [0, 0.1) is 17.3 Å². The van der Waals surface area contributed by atoms with E-state index >= 15 is 0 Å². The molecule has 2 atom stereocenters. The van der Waals surface area contributed by atoms with E-state index in [2.05, 4.69) is 24.9 Å². The molecule has 2 rings (SSSR count). The van der Waals surface area contributed by atoms with Gasteiger partial charge in [-0.3, -0.25) is 4.79 Å². The first-order valence-electron chi connectivity index (χ1n) is 7.70. The van der Waals surface area contributed by atoms with Crippen molar-refractivity contribution in [2.24, 2.45) is 17.3 Å². The van der Waals surface area contributed by atoms with E-state index in [1.165, 1.54) is 16.9 Å². The van der Waals surface area contributed by atoms with Gasteiger partial charge in [-0.25, -0.2) is 9.78 Å². The maximum atomic E-state index is 12.3. The van der Waals surface area contributed by atoms with Gasteiger partial charge in [-0.15, -0.1) is 11.3 Å². The van der Waals surface area contributed by atoms with Crippen molar-refractivity contribution < 1.29 is 19.1 Å². The van der Waals surface area contributed by atoms with Gasteiger partial charge in [0.25, 0.3) is 0 Å². The van der Waals surface area contributed by atoms with Gasteiger partial charge in [0.05, 0.1) is 18.2 Å². The molecule has 6 heteroatoms. The number of ether oxygens (including phenoxy) is 2. The van der Waals surface area contributed by atoms with E-state index in [0.717, 1.165) is 0 Å². The Balaban J connectivity index is 1.91. The lowest BCUT2D eigenvalue weighted by Crippen LogP contribution is -2.11. The standard InChI is InChI=1S/C17H23NO4S/c1-6-21-16(20)14-18-11(9-23-14)8-22-15(19)13-12(7-10(2)3)17(13,4)5/h7,9,12-13H,6,8H2,1-5H3/t12-,13+/m0/s1. The third kappa shape index (κ3) is 3.99. The molecule has 0 aliphatic heterocycles. The molecule has 1 aliphatic rings. The van der Waals surface area contributed by atoms with Crippen LogP contribution in [-0.4, -0.2) is 23.5 Å². The minimum atomic E-state index is -0.443. The summed E-state index contributed by atoms with van der Waals surface area (Å²) in [7, 11) is 0. The summed E-state index contributed by atoms with van der Waals surface area (Å²) in [5.41, 5.74) is 1.72. The quantitative estimate of drug-likeness (QED) is 0.586. The van der Waals surface area contributed by atoms with Crippen LogP contribution >= 0.6 is 11.3 Å². The molecule has 0 spiro atoms. The van der Waals surface area contributed by atoms with Crippen LogP contribution in [0.3, 0.4) is 0 Å². The Morgan fingerprint density at radius 2 is 2.04 bits per heavy atom. The second-order valence-corrected chi connectivity index (χ2v) is 7.40. The van der Waals surface area contributed by atoms with Crippen LogP contribution in [0.4, 0.5) is 0 Å². The van der Waals surface area contributed by atoms with Crippen LogP contribution in [0.5, 0.6) is 0 Å². The fourth-order valence-corrected chi connectivity index (χ4v) is 3.39. The molecule has 0 radical (unpaired) electrons. The molecule has 0 N–H and O–H groups in total. The van der Waals surface area contributed by atoms with Crippen molar-refractivity contribution in [1.82, 2.24) is 4.98 Å². The number of hydrogen-bond acceptors (Lipinski definition) is 6. The number of allylic oxidation sites excluding steroid dienone is 2. The molecule has 23 heavy (non-hydrogen) atoms. The fourth-order valence-electron chi connectivity index (χ4n) is 2.69. The fraction of sp³-hybridized carbons (Fsp3) is 0.588. The van der Waals surface area contributed by atoms with E-state index in [9.17, 15) is 9.59 Å². The van der Waals surface area contributed by atoms with E-state index < -0.39 is 5.97 Å². The highest BCUT2D eigenvalue weighted by atomic mass is 32.1. The molecule has 1 aromatic heterocycles. The summed E-state index contributed by atoms with van der Waals surface area (Å²) < 4.78 is 10.3. The van der Waals surface area contributed by atoms with Gasteiger partial charge in [-0.1, -0.05) is 25.5 Å². The summed E-state index contributed by atoms with van der Waals surface area (Å²) >= 11 is 1.20. The van der Waals surface area contributed by atoms with Crippen LogP contribution in [-0.2, 0) is 20.9 Å².